The van der Waals surface area contributed by atoms with Crippen LogP contribution in [0.1, 0.15) is 29.4 Å². The number of carbonyl (C=O) groups is 1. The molecule has 1 heterocycles. The van der Waals surface area contributed by atoms with E-state index in [-0.39, 0.29) is 5.91 Å². The summed E-state index contributed by atoms with van der Waals surface area (Å²) in [6.45, 7) is 2.16. The molecular weight excluding hydrogens is 214 g/mol. The summed E-state index contributed by atoms with van der Waals surface area (Å²) < 4.78 is 0. The normalized spacial score (nSPS) is 24.7. The van der Waals surface area contributed by atoms with E-state index in [1.807, 2.05) is 11.4 Å². The molecule has 0 radical (unpaired) electrons. The molecule has 2 unspecified atom stereocenters. The van der Waals surface area contributed by atoms with Crippen LogP contribution in [0.15, 0.2) is 16.3 Å². The number of amides is 1. The number of carbonyl (C=O) groups excluding carboxylic acids is 1. The average Bonchev–Trinajstić information content (AvgIpc) is 2.77. The summed E-state index contributed by atoms with van der Waals surface area (Å²) >= 11 is 5.62. The van der Waals surface area contributed by atoms with Gasteiger partial charge in [0.25, 0.3) is 5.91 Å². The Hall–Kier alpha value is -0.480. The fourth-order valence-corrected chi connectivity index (χ4v) is 2.61. The second-order valence-electron chi connectivity index (χ2n) is 3.65. The lowest BCUT2D eigenvalue weighted by Gasteiger charge is -2.00. The predicted octanol–water partition coefficient (Wildman–Crippen LogP) is 2.57. The molecule has 14 heavy (non-hydrogen) atoms. The van der Waals surface area contributed by atoms with Gasteiger partial charge in [-0.25, -0.2) is 0 Å². The molecule has 4 heteroatoms. The van der Waals surface area contributed by atoms with Gasteiger partial charge in [0.15, 0.2) is 0 Å². The molecule has 2 atom stereocenters. The Morgan fingerprint density at radius 3 is 3.07 bits per heavy atom. The van der Waals surface area contributed by atoms with Crippen LogP contribution in [0.25, 0.3) is 0 Å². The molecule has 1 amide bonds. The molecule has 76 valence electrons. The minimum absolute atomic E-state index is 0.0521. The van der Waals surface area contributed by atoms with Gasteiger partial charge in [0.1, 0.15) is 0 Å². The lowest BCUT2D eigenvalue weighted by molar-refractivity contribution is 0.0953. The molecule has 0 aliphatic heterocycles. The summed E-state index contributed by atoms with van der Waals surface area (Å²) in [7, 11) is 0. The Morgan fingerprint density at radius 2 is 2.57 bits per heavy atom. The monoisotopic (exact) mass is 227 g/mol. The first kappa shape index (κ1) is 10.1. The zero-order valence-corrected chi connectivity index (χ0v) is 9.70. The van der Waals surface area contributed by atoms with Crippen LogP contribution in [0, 0.1) is 5.92 Å². The van der Waals surface area contributed by atoms with Crippen molar-refractivity contribution < 1.29 is 4.79 Å². The van der Waals surface area contributed by atoms with Crippen LogP contribution in [-0.4, -0.2) is 11.9 Å². The first-order chi connectivity index (χ1) is 6.70. The van der Waals surface area contributed by atoms with Crippen LogP contribution in [0.3, 0.4) is 0 Å². The van der Waals surface area contributed by atoms with Crippen molar-refractivity contribution in [2.75, 3.05) is 0 Å². The quantitative estimate of drug-likeness (QED) is 0.764. The zero-order chi connectivity index (χ0) is 10.1. The maximum atomic E-state index is 11.6. The highest BCUT2D eigenvalue weighted by Crippen LogP contribution is 2.33. The Morgan fingerprint density at radius 1 is 1.79 bits per heavy atom. The molecule has 1 aliphatic carbocycles. The molecule has 1 aromatic rings. The number of hydrogen-bond donors (Lipinski definition) is 2. The number of hydrogen-bond acceptors (Lipinski definition) is 3. The molecule has 1 fully saturated rings. The van der Waals surface area contributed by atoms with E-state index in [0.717, 1.165) is 22.6 Å². The summed E-state index contributed by atoms with van der Waals surface area (Å²) in [4.78, 5) is 13.3. The van der Waals surface area contributed by atoms with Crippen molar-refractivity contribution in [1.82, 2.24) is 5.32 Å². The lowest BCUT2D eigenvalue weighted by Crippen LogP contribution is -2.25. The molecule has 0 spiro atoms. The van der Waals surface area contributed by atoms with Crippen molar-refractivity contribution in [3.8, 4) is 0 Å². The van der Waals surface area contributed by atoms with Crippen LogP contribution >= 0.6 is 24.0 Å². The Bertz CT molecular complexity index is 348. The fourth-order valence-electron chi connectivity index (χ4n) is 1.56. The molecule has 0 bridgehead atoms. The van der Waals surface area contributed by atoms with Crippen LogP contribution in [0.4, 0.5) is 0 Å². The van der Waals surface area contributed by atoms with E-state index in [1.54, 1.807) is 0 Å². The summed E-state index contributed by atoms with van der Waals surface area (Å²) in [6, 6.07) is 2.23. The van der Waals surface area contributed by atoms with Crippen molar-refractivity contribution >= 4 is 29.9 Å². The number of nitrogens with one attached hydrogen (secondary N) is 1. The van der Waals surface area contributed by atoms with Crippen LogP contribution in [-0.2, 0) is 0 Å². The van der Waals surface area contributed by atoms with Gasteiger partial charge in [0.05, 0.1) is 4.88 Å². The Labute approximate surface area is 93.1 Å². The first-order valence-corrected chi connectivity index (χ1v) is 6.11. The van der Waals surface area contributed by atoms with Crippen molar-refractivity contribution in [3.05, 3.63) is 16.3 Å². The number of thiophene rings is 1. The molecule has 1 aliphatic rings. The topological polar surface area (TPSA) is 29.1 Å². The van der Waals surface area contributed by atoms with E-state index < -0.39 is 0 Å². The largest absolute Gasteiger partial charge is 0.348 e. The molecule has 1 N–H and O–H groups in total. The van der Waals surface area contributed by atoms with Gasteiger partial charge in [-0.2, -0.15) is 0 Å². The van der Waals surface area contributed by atoms with Crippen molar-refractivity contribution in [1.29, 1.82) is 0 Å². The standard InChI is InChI=1S/C10H13NOS2/c1-2-6-3-8(6)11-10(12)9-4-7(13)5-14-9/h4-6,8,13H,2-3H2,1H3,(H,11,12). The highest BCUT2D eigenvalue weighted by Gasteiger charge is 2.36. The molecular formula is C10H13NOS2. The Balaban J connectivity index is 1.91. The molecule has 1 aromatic heterocycles. The SMILES string of the molecule is CCC1CC1NC(=O)c1cc(S)cs1. The highest BCUT2D eigenvalue weighted by atomic mass is 32.1. The minimum Gasteiger partial charge on any atom is -0.348 e. The Kier molecular flexibility index (Phi) is 2.83. The van der Waals surface area contributed by atoms with E-state index >= 15 is 0 Å². The summed E-state index contributed by atoms with van der Waals surface area (Å²) in [5.41, 5.74) is 0. The maximum absolute atomic E-state index is 11.6. The third kappa shape index (κ3) is 2.12. The minimum atomic E-state index is 0.0521. The van der Waals surface area contributed by atoms with E-state index in [9.17, 15) is 4.79 Å². The summed E-state index contributed by atoms with van der Waals surface area (Å²) in [5, 5.41) is 4.90. The van der Waals surface area contributed by atoms with E-state index in [1.165, 1.54) is 11.3 Å². The van der Waals surface area contributed by atoms with Gasteiger partial charge < -0.3 is 5.32 Å². The molecule has 0 aromatic carbocycles. The van der Waals surface area contributed by atoms with Gasteiger partial charge in [0.2, 0.25) is 0 Å². The second kappa shape index (κ2) is 3.95. The van der Waals surface area contributed by atoms with E-state index in [0.29, 0.717) is 12.0 Å². The van der Waals surface area contributed by atoms with Crippen molar-refractivity contribution in [3.63, 3.8) is 0 Å². The molecule has 0 saturated heterocycles. The zero-order valence-electron chi connectivity index (χ0n) is 7.99. The van der Waals surface area contributed by atoms with Gasteiger partial charge in [-0.05, 0) is 18.4 Å². The average molecular weight is 227 g/mol. The molecule has 1 saturated carbocycles. The third-order valence-electron chi connectivity index (χ3n) is 2.57. The highest BCUT2D eigenvalue weighted by molar-refractivity contribution is 7.80. The van der Waals surface area contributed by atoms with Crippen LogP contribution < -0.4 is 5.32 Å². The smallest absolute Gasteiger partial charge is 0.261 e. The van der Waals surface area contributed by atoms with Crippen LogP contribution in [0.2, 0.25) is 0 Å². The van der Waals surface area contributed by atoms with Gasteiger partial charge in [-0.3, -0.25) is 4.79 Å². The van der Waals surface area contributed by atoms with Crippen molar-refractivity contribution in [2.45, 2.75) is 30.7 Å². The summed E-state index contributed by atoms with van der Waals surface area (Å²) in [6.07, 6.45) is 2.30. The molecule has 2 rings (SSSR count). The fraction of sp³-hybridized carbons (Fsp3) is 0.500. The molecule has 2 nitrogen and oxygen atoms in total. The van der Waals surface area contributed by atoms with Gasteiger partial charge in [-0.1, -0.05) is 13.3 Å². The van der Waals surface area contributed by atoms with Crippen LogP contribution in [0.5, 0.6) is 0 Å². The third-order valence-corrected chi connectivity index (χ3v) is 3.93. The second-order valence-corrected chi connectivity index (χ2v) is 5.08. The van der Waals surface area contributed by atoms with Gasteiger partial charge in [-0.15, -0.1) is 24.0 Å². The lowest BCUT2D eigenvalue weighted by atomic mass is 10.3. The summed E-state index contributed by atoms with van der Waals surface area (Å²) in [5.74, 6) is 0.755. The number of rotatable bonds is 3. The van der Waals surface area contributed by atoms with Gasteiger partial charge in [0, 0.05) is 16.3 Å². The van der Waals surface area contributed by atoms with E-state index in [2.05, 4.69) is 24.9 Å². The van der Waals surface area contributed by atoms with Crippen molar-refractivity contribution in [2.24, 2.45) is 5.92 Å². The van der Waals surface area contributed by atoms with E-state index in [4.69, 9.17) is 0 Å². The van der Waals surface area contributed by atoms with Gasteiger partial charge >= 0.3 is 0 Å². The number of thiol groups is 1. The maximum Gasteiger partial charge on any atom is 0.261 e. The predicted molar refractivity (Wildman–Crippen MR) is 61.2 cm³/mol. The first-order valence-electron chi connectivity index (χ1n) is 4.79.